The maximum Gasteiger partial charge on any atom is 0.161 e. The summed E-state index contributed by atoms with van der Waals surface area (Å²) in [4.78, 5) is 0. The highest BCUT2D eigenvalue weighted by molar-refractivity contribution is 5.44. The van der Waals surface area contributed by atoms with Gasteiger partial charge in [-0.2, -0.15) is 0 Å². The lowest BCUT2D eigenvalue weighted by molar-refractivity contribution is 0.228. The average Bonchev–Trinajstić information content (AvgIpc) is 2.65. The fourth-order valence-electron chi connectivity index (χ4n) is 2.67. The molecular formula is C18H29NO2. The van der Waals surface area contributed by atoms with Crippen LogP contribution in [0.25, 0.3) is 0 Å². The average molecular weight is 291 g/mol. The molecule has 0 radical (unpaired) electrons. The van der Waals surface area contributed by atoms with Crippen LogP contribution in [0.1, 0.15) is 46.2 Å². The van der Waals surface area contributed by atoms with Crippen LogP contribution in [0, 0.1) is 17.8 Å². The topological polar surface area (TPSA) is 30.5 Å². The molecule has 2 rings (SSSR count). The highest BCUT2D eigenvalue weighted by atomic mass is 16.5. The maximum atomic E-state index is 5.92. The van der Waals surface area contributed by atoms with Gasteiger partial charge in [-0.05, 0) is 36.1 Å². The van der Waals surface area contributed by atoms with Crippen molar-refractivity contribution in [2.24, 2.45) is 17.8 Å². The molecular weight excluding hydrogens is 262 g/mol. The van der Waals surface area contributed by atoms with Crippen LogP contribution in [0.4, 0.5) is 0 Å². The summed E-state index contributed by atoms with van der Waals surface area (Å²) in [5.74, 6) is 3.38. The van der Waals surface area contributed by atoms with Gasteiger partial charge in [-0.15, -0.1) is 0 Å². The van der Waals surface area contributed by atoms with E-state index in [0.29, 0.717) is 23.8 Å². The van der Waals surface area contributed by atoms with E-state index < -0.39 is 0 Å². The third kappa shape index (κ3) is 3.91. The minimum absolute atomic E-state index is 0.351. The lowest BCUT2D eigenvalue weighted by Gasteiger charge is -2.28. The molecule has 0 saturated carbocycles. The molecule has 0 fully saturated rings. The van der Waals surface area contributed by atoms with E-state index in [2.05, 4.69) is 58.1 Å². The van der Waals surface area contributed by atoms with Crippen LogP contribution in [0.2, 0.25) is 0 Å². The molecule has 1 aliphatic heterocycles. The molecule has 0 aliphatic carbocycles. The fourth-order valence-corrected chi connectivity index (χ4v) is 2.67. The molecule has 1 aromatic carbocycles. The summed E-state index contributed by atoms with van der Waals surface area (Å²) >= 11 is 0. The first-order chi connectivity index (χ1) is 10.0. The lowest BCUT2D eigenvalue weighted by atomic mass is 9.86. The van der Waals surface area contributed by atoms with Crippen LogP contribution < -0.4 is 14.8 Å². The summed E-state index contributed by atoms with van der Waals surface area (Å²) < 4.78 is 11.7. The van der Waals surface area contributed by atoms with Crippen molar-refractivity contribution in [2.45, 2.75) is 40.7 Å². The van der Waals surface area contributed by atoms with Crippen molar-refractivity contribution in [3.05, 3.63) is 23.8 Å². The minimum atomic E-state index is 0.351. The summed E-state index contributed by atoms with van der Waals surface area (Å²) in [6, 6.07) is 6.73. The Morgan fingerprint density at radius 1 is 1.14 bits per heavy atom. The second-order valence-electron chi connectivity index (χ2n) is 6.57. The van der Waals surface area contributed by atoms with Crippen molar-refractivity contribution in [1.82, 2.24) is 5.32 Å². The second kappa shape index (κ2) is 7.17. The van der Waals surface area contributed by atoms with E-state index >= 15 is 0 Å². The molecule has 0 aromatic heterocycles. The molecule has 1 heterocycles. The van der Waals surface area contributed by atoms with Crippen molar-refractivity contribution in [2.75, 3.05) is 19.8 Å². The smallest absolute Gasteiger partial charge is 0.161 e. The monoisotopic (exact) mass is 291 g/mol. The quantitative estimate of drug-likeness (QED) is 0.888. The number of ether oxygens (including phenoxy) is 2. The highest BCUT2D eigenvalue weighted by Crippen LogP contribution is 2.36. The summed E-state index contributed by atoms with van der Waals surface area (Å²) in [7, 11) is 0. The standard InChI is InChI=1S/C18H29NO2/c1-6-19-18(14(5)12(2)3)15-7-8-16-17(9-15)21-11-13(4)10-20-16/h7-9,12-14,18-19H,6,10-11H2,1-5H3. The molecule has 0 amide bonds. The number of nitrogens with one attached hydrogen (secondary N) is 1. The number of benzene rings is 1. The van der Waals surface area contributed by atoms with Crippen molar-refractivity contribution in [3.63, 3.8) is 0 Å². The number of hydrogen-bond donors (Lipinski definition) is 1. The predicted molar refractivity (Wildman–Crippen MR) is 87.0 cm³/mol. The van der Waals surface area contributed by atoms with Gasteiger partial charge in [0.05, 0.1) is 13.2 Å². The zero-order valence-corrected chi connectivity index (χ0v) is 14.0. The molecule has 3 unspecified atom stereocenters. The van der Waals surface area contributed by atoms with Crippen molar-refractivity contribution in [3.8, 4) is 11.5 Å². The summed E-state index contributed by atoms with van der Waals surface area (Å²) in [6.45, 7) is 13.6. The molecule has 3 heteroatoms. The molecule has 3 atom stereocenters. The van der Waals surface area contributed by atoms with E-state index in [0.717, 1.165) is 31.3 Å². The highest BCUT2D eigenvalue weighted by Gasteiger charge is 2.23. The Bertz CT molecular complexity index is 459. The summed E-state index contributed by atoms with van der Waals surface area (Å²) in [5.41, 5.74) is 1.29. The first kappa shape index (κ1) is 16.2. The normalized spacial score (nSPS) is 21.0. The SMILES string of the molecule is CCNC(c1ccc2c(c1)OCC(C)CO2)C(C)C(C)C. The molecule has 1 aliphatic rings. The van der Waals surface area contributed by atoms with E-state index in [4.69, 9.17) is 9.47 Å². The first-order valence-corrected chi connectivity index (χ1v) is 8.15. The lowest BCUT2D eigenvalue weighted by Crippen LogP contribution is -2.29. The summed E-state index contributed by atoms with van der Waals surface area (Å²) in [5, 5.41) is 3.61. The van der Waals surface area contributed by atoms with Gasteiger partial charge in [0.15, 0.2) is 11.5 Å². The van der Waals surface area contributed by atoms with Gasteiger partial charge in [-0.1, -0.05) is 40.7 Å². The van der Waals surface area contributed by atoms with E-state index in [9.17, 15) is 0 Å². The third-order valence-electron chi connectivity index (χ3n) is 4.37. The van der Waals surface area contributed by atoms with E-state index in [1.807, 2.05) is 0 Å². The van der Waals surface area contributed by atoms with Crippen LogP contribution in [-0.4, -0.2) is 19.8 Å². The number of rotatable bonds is 5. The van der Waals surface area contributed by atoms with Crippen LogP contribution in [-0.2, 0) is 0 Å². The largest absolute Gasteiger partial charge is 0.489 e. The van der Waals surface area contributed by atoms with Gasteiger partial charge in [-0.3, -0.25) is 0 Å². The van der Waals surface area contributed by atoms with Gasteiger partial charge >= 0.3 is 0 Å². The van der Waals surface area contributed by atoms with Crippen LogP contribution >= 0.6 is 0 Å². The predicted octanol–water partition coefficient (Wildman–Crippen LogP) is 4.04. The van der Waals surface area contributed by atoms with Crippen LogP contribution in [0.3, 0.4) is 0 Å². The Labute approximate surface area is 129 Å². The van der Waals surface area contributed by atoms with Crippen molar-refractivity contribution >= 4 is 0 Å². The Morgan fingerprint density at radius 3 is 2.43 bits per heavy atom. The number of hydrogen-bond acceptors (Lipinski definition) is 3. The Kier molecular flexibility index (Phi) is 5.51. The number of fused-ring (bicyclic) bond motifs is 1. The summed E-state index contributed by atoms with van der Waals surface area (Å²) in [6.07, 6.45) is 0. The van der Waals surface area contributed by atoms with Gasteiger partial charge in [0.2, 0.25) is 0 Å². The second-order valence-corrected chi connectivity index (χ2v) is 6.57. The van der Waals surface area contributed by atoms with Crippen molar-refractivity contribution < 1.29 is 9.47 Å². The van der Waals surface area contributed by atoms with Gasteiger partial charge in [0.1, 0.15) is 0 Å². The molecule has 1 aromatic rings. The van der Waals surface area contributed by atoms with Crippen LogP contribution in [0.5, 0.6) is 11.5 Å². The Balaban J connectivity index is 2.26. The van der Waals surface area contributed by atoms with E-state index in [1.54, 1.807) is 0 Å². The molecule has 1 N–H and O–H groups in total. The van der Waals surface area contributed by atoms with Gasteiger partial charge in [0, 0.05) is 12.0 Å². The molecule has 3 nitrogen and oxygen atoms in total. The zero-order chi connectivity index (χ0) is 15.4. The van der Waals surface area contributed by atoms with E-state index in [-0.39, 0.29) is 0 Å². The zero-order valence-electron chi connectivity index (χ0n) is 14.0. The maximum absolute atomic E-state index is 5.92. The van der Waals surface area contributed by atoms with Gasteiger partial charge in [-0.25, -0.2) is 0 Å². The Morgan fingerprint density at radius 2 is 1.81 bits per heavy atom. The molecule has 118 valence electrons. The third-order valence-corrected chi connectivity index (χ3v) is 4.37. The Hall–Kier alpha value is -1.22. The molecule has 21 heavy (non-hydrogen) atoms. The fraction of sp³-hybridized carbons (Fsp3) is 0.667. The minimum Gasteiger partial charge on any atom is -0.489 e. The van der Waals surface area contributed by atoms with Crippen molar-refractivity contribution in [1.29, 1.82) is 0 Å². The molecule has 0 spiro atoms. The molecule has 0 saturated heterocycles. The molecule has 0 bridgehead atoms. The van der Waals surface area contributed by atoms with Gasteiger partial charge < -0.3 is 14.8 Å². The van der Waals surface area contributed by atoms with Crippen LogP contribution in [0.15, 0.2) is 18.2 Å². The van der Waals surface area contributed by atoms with Gasteiger partial charge in [0.25, 0.3) is 0 Å². The first-order valence-electron chi connectivity index (χ1n) is 8.15. The van der Waals surface area contributed by atoms with E-state index in [1.165, 1.54) is 5.56 Å².